The number of hydrogen-bond acceptors (Lipinski definition) is 3. The van der Waals surface area contributed by atoms with Crippen LogP contribution in [0.5, 0.6) is 0 Å². The molecule has 1 aliphatic heterocycles. The van der Waals surface area contributed by atoms with Crippen molar-refractivity contribution in [3.05, 3.63) is 30.1 Å². The molecule has 0 bridgehead atoms. The number of likely N-dealkylation sites (tertiary alicyclic amines) is 1. The van der Waals surface area contributed by atoms with E-state index in [0.29, 0.717) is 6.42 Å². The second-order valence-electron chi connectivity index (χ2n) is 4.56. The molecule has 92 valence electrons. The van der Waals surface area contributed by atoms with E-state index in [2.05, 4.69) is 4.98 Å². The van der Waals surface area contributed by atoms with E-state index >= 15 is 0 Å². The van der Waals surface area contributed by atoms with Gasteiger partial charge in [0.05, 0.1) is 0 Å². The van der Waals surface area contributed by atoms with E-state index in [9.17, 15) is 4.79 Å². The summed E-state index contributed by atoms with van der Waals surface area (Å²) in [6.45, 7) is 1.55. The molecule has 1 fully saturated rings. The lowest BCUT2D eigenvalue weighted by molar-refractivity contribution is -0.130. The highest BCUT2D eigenvalue weighted by Gasteiger charge is 2.22. The summed E-state index contributed by atoms with van der Waals surface area (Å²) in [4.78, 5) is 17.9. The molecule has 1 aromatic rings. The number of carbonyl (C=O) groups excluding carboxylic acids is 1. The highest BCUT2D eigenvalue weighted by Crippen LogP contribution is 2.10. The molecular weight excluding hydrogens is 214 g/mol. The summed E-state index contributed by atoms with van der Waals surface area (Å²) in [5.41, 5.74) is 6.83. The number of hydrogen-bond donors (Lipinski definition) is 1. The molecule has 1 saturated heterocycles. The van der Waals surface area contributed by atoms with Crippen LogP contribution in [0.25, 0.3) is 0 Å². The SMILES string of the molecule is N[C@@H]1CCN(C(=O)CCCc2ccccn2)C1. The molecule has 0 radical (unpaired) electrons. The van der Waals surface area contributed by atoms with Crippen LogP contribution in [0.15, 0.2) is 24.4 Å². The minimum atomic E-state index is 0.176. The molecule has 0 saturated carbocycles. The molecule has 17 heavy (non-hydrogen) atoms. The van der Waals surface area contributed by atoms with Crippen LogP contribution < -0.4 is 5.73 Å². The molecule has 1 atom stereocenters. The lowest BCUT2D eigenvalue weighted by atomic mass is 10.1. The molecule has 1 aliphatic rings. The van der Waals surface area contributed by atoms with Crippen LogP contribution in [0.1, 0.15) is 25.0 Å². The van der Waals surface area contributed by atoms with Crippen molar-refractivity contribution in [3.63, 3.8) is 0 Å². The number of aryl methyl sites for hydroxylation is 1. The van der Waals surface area contributed by atoms with E-state index in [1.54, 1.807) is 6.20 Å². The number of nitrogens with two attached hydrogens (primary N) is 1. The second kappa shape index (κ2) is 5.77. The summed E-state index contributed by atoms with van der Waals surface area (Å²) < 4.78 is 0. The van der Waals surface area contributed by atoms with Gasteiger partial charge in [-0.3, -0.25) is 9.78 Å². The fourth-order valence-electron chi connectivity index (χ4n) is 2.14. The zero-order chi connectivity index (χ0) is 12.1. The largest absolute Gasteiger partial charge is 0.341 e. The van der Waals surface area contributed by atoms with Crippen LogP contribution in [0.3, 0.4) is 0 Å². The van der Waals surface area contributed by atoms with Crippen LogP contribution in [-0.2, 0) is 11.2 Å². The van der Waals surface area contributed by atoms with E-state index in [-0.39, 0.29) is 11.9 Å². The number of pyridine rings is 1. The van der Waals surface area contributed by atoms with Gasteiger partial charge in [-0.05, 0) is 31.4 Å². The first-order valence-corrected chi connectivity index (χ1v) is 6.19. The van der Waals surface area contributed by atoms with Crippen molar-refractivity contribution in [1.29, 1.82) is 0 Å². The van der Waals surface area contributed by atoms with Crippen LogP contribution in [0.2, 0.25) is 0 Å². The average Bonchev–Trinajstić information content (AvgIpc) is 2.77. The third-order valence-corrected chi connectivity index (χ3v) is 3.13. The van der Waals surface area contributed by atoms with Gasteiger partial charge < -0.3 is 10.6 Å². The normalized spacial score (nSPS) is 19.6. The van der Waals surface area contributed by atoms with Crippen LogP contribution in [-0.4, -0.2) is 34.9 Å². The summed E-state index contributed by atoms with van der Waals surface area (Å²) in [6, 6.07) is 6.05. The number of aromatic nitrogens is 1. The summed E-state index contributed by atoms with van der Waals surface area (Å²) in [7, 11) is 0. The summed E-state index contributed by atoms with van der Waals surface area (Å²) in [5.74, 6) is 0.230. The van der Waals surface area contributed by atoms with Crippen molar-refractivity contribution in [2.24, 2.45) is 5.73 Å². The summed E-state index contributed by atoms with van der Waals surface area (Å²) in [5, 5.41) is 0. The third kappa shape index (κ3) is 3.53. The molecule has 2 heterocycles. The smallest absolute Gasteiger partial charge is 0.222 e. The van der Waals surface area contributed by atoms with Gasteiger partial charge in [-0.15, -0.1) is 0 Å². The fraction of sp³-hybridized carbons (Fsp3) is 0.538. The highest BCUT2D eigenvalue weighted by atomic mass is 16.2. The Balaban J connectivity index is 1.70. The molecule has 0 unspecified atom stereocenters. The average molecular weight is 233 g/mol. The van der Waals surface area contributed by atoms with Gasteiger partial charge in [0.2, 0.25) is 5.91 Å². The Kier molecular flexibility index (Phi) is 4.09. The number of nitrogens with zero attached hydrogens (tertiary/aromatic N) is 2. The third-order valence-electron chi connectivity index (χ3n) is 3.13. The molecule has 4 heteroatoms. The van der Waals surface area contributed by atoms with Crippen LogP contribution >= 0.6 is 0 Å². The van der Waals surface area contributed by atoms with Crippen molar-refractivity contribution in [2.75, 3.05) is 13.1 Å². The molecule has 1 amide bonds. The Morgan fingerprint density at radius 2 is 2.41 bits per heavy atom. The Bertz CT molecular complexity index is 366. The van der Waals surface area contributed by atoms with Crippen molar-refractivity contribution in [1.82, 2.24) is 9.88 Å². The molecule has 0 spiro atoms. The molecular formula is C13H19N3O. The minimum absolute atomic E-state index is 0.176. The zero-order valence-electron chi connectivity index (χ0n) is 10.0. The van der Waals surface area contributed by atoms with Crippen LogP contribution in [0.4, 0.5) is 0 Å². The van der Waals surface area contributed by atoms with E-state index in [1.165, 1.54) is 0 Å². The van der Waals surface area contributed by atoms with Gasteiger partial charge in [0, 0.05) is 37.4 Å². The molecule has 0 aliphatic carbocycles. The topological polar surface area (TPSA) is 59.2 Å². The van der Waals surface area contributed by atoms with Gasteiger partial charge in [-0.2, -0.15) is 0 Å². The first-order valence-electron chi connectivity index (χ1n) is 6.19. The lowest BCUT2D eigenvalue weighted by Gasteiger charge is -2.15. The van der Waals surface area contributed by atoms with Crippen molar-refractivity contribution in [2.45, 2.75) is 31.7 Å². The molecule has 4 nitrogen and oxygen atoms in total. The lowest BCUT2D eigenvalue weighted by Crippen LogP contribution is -2.31. The predicted molar refractivity (Wildman–Crippen MR) is 66.3 cm³/mol. The molecule has 2 N–H and O–H groups in total. The van der Waals surface area contributed by atoms with Gasteiger partial charge in [0.1, 0.15) is 0 Å². The monoisotopic (exact) mass is 233 g/mol. The first kappa shape index (κ1) is 12.0. The highest BCUT2D eigenvalue weighted by molar-refractivity contribution is 5.76. The Hall–Kier alpha value is -1.42. The van der Waals surface area contributed by atoms with E-state index in [0.717, 1.165) is 38.0 Å². The predicted octanol–water partition coefficient (Wildman–Crippen LogP) is 0.964. The van der Waals surface area contributed by atoms with Gasteiger partial charge in [0.15, 0.2) is 0 Å². The maximum atomic E-state index is 11.8. The second-order valence-corrected chi connectivity index (χ2v) is 4.56. The Morgan fingerprint density at radius 3 is 3.06 bits per heavy atom. The summed E-state index contributed by atoms with van der Waals surface area (Å²) in [6.07, 6.45) is 5.06. The molecule has 2 rings (SSSR count). The number of amides is 1. The fourth-order valence-corrected chi connectivity index (χ4v) is 2.14. The maximum absolute atomic E-state index is 11.8. The number of carbonyl (C=O) groups is 1. The first-order chi connectivity index (χ1) is 8.25. The van der Waals surface area contributed by atoms with Gasteiger partial charge >= 0.3 is 0 Å². The minimum Gasteiger partial charge on any atom is -0.341 e. The van der Waals surface area contributed by atoms with E-state index in [4.69, 9.17) is 5.73 Å². The van der Waals surface area contributed by atoms with Crippen molar-refractivity contribution >= 4 is 5.91 Å². The van der Waals surface area contributed by atoms with E-state index in [1.807, 2.05) is 23.1 Å². The van der Waals surface area contributed by atoms with E-state index < -0.39 is 0 Å². The number of rotatable bonds is 4. The molecule has 0 aromatic carbocycles. The Labute approximate surface area is 102 Å². The van der Waals surface area contributed by atoms with Crippen molar-refractivity contribution < 1.29 is 4.79 Å². The van der Waals surface area contributed by atoms with Crippen LogP contribution in [0, 0.1) is 0 Å². The quantitative estimate of drug-likeness (QED) is 0.842. The van der Waals surface area contributed by atoms with Gasteiger partial charge in [-0.1, -0.05) is 6.07 Å². The zero-order valence-corrected chi connectivity index (χ0v) is 10.0. The summed E-state index contributed by atoms with van der Waals surface area (Å²) >= 11 is 0. The maximum Gasteiger partial charge on any atom is 0.222 e. The van der Waals surface area contributed by atoms with Crippen molar-refractivity contribution in [3.8, 4) is 0 Å². The van der Waals surface area contributed by atoms with Gasteiger partial charge in [-0.25, -0.2) is 0 Å². The van der Waals surface area contributed by atoms with Gasteiger partial charge in [0.25, 0.3) is 0 Å². The molecule has 1 aromatic heterocycles. The Morgan fingerprint density at radius 1 is 1.53 bits per heavy atom. The standard InChI is InChI=1S/C13H19N3O/c14-11-7-9-16(10-11)13(17)6-3-5-12-4-1-2-8-15-12/h1-2,4,8,11H,3,5-7,9-10,14H2/t11-/m1/s1.